The minimum Gasteiger partial charge on any atom is -0.311 e. The van der Waals surface area contributed by atoms with Crippen LogP contribution in [-0.2, 0) is 27.1 Å². The summed E-state index contributed by atoms with van der Waals surface area (Å²) in [6.07, 6.45) is 2.24. The van der Waals surface area contributed by atoms with Crippen LogP contribution in [0.1, 0.15) is 128 Å². The Hall–Kier alpha value is -5.80. The fourth-order valence-electron chi connectivity index (χ4n) is 13.3. The summed E-state index contributed by atoms with van der Waals surface area (Å²) in [6.45, 7) is 31.4. The number of hydrogen-bond acceptors (Lipinski definition) is 2. The van der Waals surface area contributed by atoms with Crippen LogP contribution < -0.4 is 26.2 Å². The fourth-order valence-corrected chi connectivity index (χ4v) is 13.3. The number of hydrogen-bond donors (Lipinski definition) is 0. The normalized spacial score (nSPS) is 17.9. The number of aryl methyl sites for hydroxylation is 2. The Morgan fingerprint density at radius 1 is 0.431 bits per heavy atom. The summed E-state index contributed by atoms with van der Waals surface area (Å²) in [5.74, 6) is 0. The summed E-state index contributed by atoms with van der Waals surface area (Å²) in [5.41, 5.74) is 26.8. The van der Waals surface area contributed by atoms with Crippen molar-refractivity contribution in [1.29, 1.82) is 0 Å². The number of fused-ring (bicyclic) bond motifs is 6. The highest BCUT2D eigenvalue weighted by atomic mass is 15.2. The van der Waals surface area contributed by atoms with Gasteiger partial charge in [0.25, 0.3) is 6.71 Å². The van der Waals surface area contributed by atoms with Crippen LogP contribution in [0.2, 0.25) is 0 Å². The molecule has 0 saturated carbocycles. The van der Waals surface area contributed by atoms with E-state index in [4.69, 9.17) is 0 Å². The number of benzene rings is 7. The molecular weight excluding hydrogens is 784 g/mol. The van der Waals surface area contributed by atoms with Gasteiger partial charge >= 0.3 is 0 Å². The van der Waals surface area contributed by atoms with Crippen LogP contribution in [-0.4, -0.2) is 6.71 Å². The Labute approximate surface area is 389 Å². The van der Waals surface area contributed by atoms with E-state index in [0.717, 1.165) is 12.8 Å². The molecule has 2 aliphatic heterocycles. The molecule has 7 aromatic rings. The van der Waals surface area contributed by atoms with Gasteiger partial charge in [0.1, 0.15) is 0 Å². The molecular formula is C62H65BN2. The van der Waals surface area contributed by atoms with Crippen molar-refractivity contribution in [3.63, 3.8) is 0 Å². The molecule has 0 amide bonds. The molecule has 0 saturated heterocycles. The lowest BCUT2D eigenvalue weighted by Gasteiger charge is -2.46. The molecule has 2 heterocycles. The van der Waals surface area contributed by atoms with Crippen LogP contribution in [0.3, 0.4) is 0 Å². The summed E-state index contributed by atoms with van der Waals surface area (Å²) >= 11 is 0. The monoisotopic (exact) mass is 849 g/mol. The van der Waals surface area contributed by atoms with Crippen LogP contribution in [0.4, 0.5) is 34.1 Å². The van der Waals surface area contributed by atoms with Gasteiger partial charge in [0.05, 0.1) is 5.69 Å². The third-order valence-electron chi connectivity index (χ3n) is 15.9. The van der Waals surface area contributed by atoms with E-state index in [1.54, 1.807) is 0 Å². The summed E-state index contributed by atoms with van der Waals surface area (Å²) < 4.78 is 0. The van der Waals surface area contributed by atoms with Gasteiger partial charge in [0.2, 0.25) is 0 Å². The first-order chi connectivity index (χ1) is 30.6. The van der Waals surface area contributed by atoms with Gasteiger partial charge in [-0.3, -0.25) is 0 Å². The zero-order valence-corrected chi connectivity index (χ0v) is 41.1. The molecule has 2 nitrogen and oxygen atoms in total. The largest absolute Gasteiger partial charge is 0.311 e. The standard InChI is InChI=1S/C62H65BN2/c1-38-28-55-57-56(29-38)65(52-30-42(25-24-39(52)2)40-20-16-14-17-21-40)54-35-48-46(60(8,9)37-62(48,12)13)33-50(54)63(57)49-32-45-47(61(10,11)36-59(45,6)7)34-53(49)64(55)51-27-26-43(58(3,4)5)31-44(51)41-22-18-15-19-23-41/h14-35H,36-37H2,1-13H3. The molecule has 2 aliphatic carbocycles. The lowest BCUT2D eigenvalue weighted by atomic mass is 9.33. The fraction of sp³-hybridized carbons (Fsp3) is 0.323. The van der Waals surface area contributed by atoms with Crippen molar-refractivity contribution in [2.75, 3.05) is 9.80 Å². The molecule has 0 bridgehead atoms. The Morgan fingerprint density at radius 2 is 0.908 bits per heavy atom. The van der Waals surface area contributed by atoms with E-state index in [1.807, 2.05) is 0 Å². The van der Waals surface area contributed by atoms with Crippen molar-refractivity contribution in [1.82, 2.24) is 0 Å². The lowest BCUT2D eigenvalue weighted by Crippen LogP contribution is -2.62. The minimum absolute atomic E-state index is 0.00908. The average molecular weight is 849 g/mol. The van der Waals surface area contributed by atoms with Crippen molar-refractivity contribution in [2.24, 2.45) is 0 Å². The van der Waals surface area contributed by atoms with E-state index >= 15 is 0 Å². The van der Waals surface area contributed by atoms with Crippen LogP contribution >= 0.6 is 0 Å². The van der Waals surface area contributed by atoms with Crippen molar-refractivity contribution >= 4 is 57.2 Å². The van der Waals surface area contributed by atoms with Gasteiger partial charge < -0.3 is 9.80 Å². The highest BCUT2D eigenvalue weighted by Crippen LogP contribution is 2.56. The third-order valence-corrected chi connectivity index (χ3v) is 15.9. The van der Waals surface area contributed by atoms with Crippen molar-refractivity contribution in [2.45, 2.75) is 130 Å². The molecule has 0 radical (unpaired) electrons. The maximum Gasteiger partial charge on any atom is 0.252 e. The second-order valence-electron chi connectivity index (χ2n) is 23.8. The summed E-state index contributed by atoms with van der Waals surface area (Å²) in [7, 11) is 0. The molecule has 0 fully saturated rings. The van der Waals surface area contributed by atoms with E-state index in [1.165, 1.54) is 112 Å². The first-order valence-electron chi connectivity index (χ1n) is 24.1. The van der Waals surface area contributed by atoms with E-state index in [0.29, 0.717) is 0 Å². The minimum atomic E-state index is -0.00908. The van der Waals surface area contributed by atoms with Gasteiger partial charge in [-0.25, -0.2) is 0 Å². The average Bonchev–Trinajstić information content (AvgIpc) is 3.56. The number of anilines is 6. The van der Waals surface area contributed by atoms with Crippen molar-refractivity contribution in [3.8, 4) is 22.3 Å². The summed E-state index contributed by atoms with van der Waals surface area (Å²) in [6, 6.07) is 52.0. The Morgan fingerprint density at radius 3 is 1.42 bits per heavy atom. The second kappa shape index (κ2) is 13.9. The number of rotatable bonds is 4. The highest BCUT2D eigenvalue weighted by Gasteiger charge is 2.50. The Balaban J connectivity index is 1.29. The van der Waals surface area contributed by atoms with E-state index < -0.39 is 0 Å². The zero-order valence-electron chi connectivity index (χ0n) is 41.1. The molecule has 0 N–H and O–H groups in total. The van der Waals surface area contributed by atoms with Gasteiger partial charge in [-0.05, 0) is 168 Å². The highest BCUT2D eigenvalue weighted by molar-refractivity contribution is 7.00. The summed E-state index contributed by atoms with van der Waals surface area (Å²) in [4.78, 5) is 5.36. The Kier molecular flexibility index (Phi) is 8.93. The molecule has 11 rings (SSSR count). The third kappa shape index (κ3) is 6.35. The van der Waals surface area contributed by atoms with Gasteiger partial charge in [-0.2, -0.15) is 0 Å². The predicted octanol–water partition coefficient (Wildman–Crippen LogP) is 14.9. The van der Waals surface area contributed by atoms with E-state index in [9.17, 15) is 0 Å². The maximum atomic E-state index is 2.69. The number of nitrogens with zero attached hydrogens (tertiary/aromatic N) is 2. The van der Waals surface area contributed by atoms with Crippen LogP contribution in [0.15, 0.2) is 133 Å². The quantitative estimate of drug-likeness (QED) is 0.163. The zero-order chi connectivity index (χ0) is 45.7. The van der Waals surface area contributed by atoms with Crippen LogP contribution in [0, 0.1) is 13.8 Å². The molecule has 7 aromatic carbocycles. The Bertz CT molecular complexity index is 3110. The van der Waals surface area contributed by atoms with Gasteiger partial charge in [-0.1, -0.05) is 167 Å². The first-order valence-corrected chi connectivity index (χ1v) is 24.1. The first kappa shape index (κ1) is 41.9. The van der Waals surface area contributed by atoms with Crippen LogP contribution in [0.5, 0.6) is 0 Å². The van der Waals surface area contributed by atoms with E-state index in [-0.39, 0.29) is 33.8 Å². The van der Waals surface area contributed by atoms with Crippen LogP contribution in [0.25, 0.3) is 22.3 Å². The summed E-state index contributed by atoms with van der Waals surface area (Å²) in [5, 5.41) is 0. The smallest absolute Gasteiger partial charge is 0.252 e. The maximum absolute atomic E-state index is 2.69. The van der Waals surface area contributed by atoms with E-state index in [2.05, 4.69) is 233 Å². The van der Waals surface area contributed by atoms with Gasteiger partial charge in [-0.15, -0.1) is 0 Å². The lowest BCUT2D eigenvalue weighted by molar-refractivity contribution is 0.403. The molecule has 0 unspecified atom stereocenters. The molecule has 326 valence electrons. The van der Waals surface area contributed by atoms with Gasteiger partial charge in [0, 0.05) is 34.0 Å². The van der Waals surface area contributed by atoms with Crippen molar-refractivity contribution in [3.05, 3.63) is 172 Å². The molecule has 3 heteroatoms. The predicted molar refractivity (Wildman–Crippen MR) is 281 cm³/mol. The molecule has 65 heavy (non-hydrogen) atoms. The second-order valence-corrected chi connectivity index (χ2v) is 23.8. The topological polar surface area (TPSA) is 6.48 Å². The SMILES string of the molecule is Cc1cc2c3c(c1)N(c1ccc(C(C)(C)C)cc1-c1ccccc1)c1cc4c(cc1B3c1cc3c(cc1N2c1cc(-c2ccccc2)ccc1C)C(C)(C)CC3(C)C)C(C)(C)CC4(C)C. The van der Waals surface area contributed by atoms with Crippen molar-refractivity contribution < 1.29 is 0 Å². The molecule has 0 aromatic heterocycles. The molecule has 0 atom stereocenters. The molecule has 0 spiro atoms. The van der Waals surface area contributed by atoms with Gasteiger partial charge in [0.15, 0.2) is 0 Å². The molecule has 4 aliphatic rings.